The fourth-order valence-corrected chi connectivity index (χ4v) is 4.41. The predicted molar refractivity (Wildman–Crippen MR) is 92.5 cm³/mol. The molecule has 5 unspecified atom stereocenters. The number of rotatable bonds is 4. The van der Waals surface area contributed by atoms with Crippen LogP contribution in [-0.2, 0) is 9.59 Å². The van der Waals surface area contributed by atoms with E-state index in [0.29, 0.717) is 5.56 Å². The van der Waals surface area contributed by atoms with Gasteiger partial charge in [0.25, 0.3) is 5.91 Å². The highest BCUT2D eigenvalue weighted by Gasteiger charge is 2.74. The quantitative estimate of drug-likeness (QED) is 0.650. The normalized spacial score (nSPS) is 32.0. The van der Waals surface area contributed by atoms with Crippen molar-refractivity contribution in [1.82, 2.24) is 5.32 Å². The third-order valence-corrected chi connectivity index (χ3v) is 5.70. The Morgan fingerprint density at radius 2 is 1.77 bits per heavy atom. The lowest BCUT2D eigenvalue weighted by Crippen LogP contribution is -2.52. The molecule has 2 saturated carbocycles. The Balaban J connectivity index is 1.57. The Hall–Kier alpha value is -2.93. The number of aliphatic carboxylic acids is 2. The van der Waals surface area contributed by atoms with E-state index in [-0.39, 0.29) is 12.3 Å². The summed E-state index contributed by atoms with van der Waals surface area (Å²) in [5.74, 6) is -4.58. The highest BCUT2D eigenvalue weighted by Crippen LogP contribution is 2.61. The first-order valence-electron chi connectivity index (χ1n) is 8.37. The summed E-state index contributed by atoms with van der Waals surface area (Å²) in [6.07, 6.45) is 0.0285. The molecule has 0 spiro atoms. The van der Waals surface area contributed by atoms with Crippen LogP contribution in [0.2, 0.25) is 0 Å². The second-order valence-electron chi connectivity index (χ2n) is 7.16. The minimum absolute atomic E-state index is 0.0285. The Kier molecular flexibility index (Phi) is 3.52. The van der Waals surface area contributed by atoms with E-state index < -0.39 is 41.3 Å². The number of carbonyl (C=O) groups excluding carboxylic acids is 1. The van der Waals surface area contributed by atoms with Crippen molar-refractivity contribution in [2.75, 3.05) is 0 Å². The molecule has 7 nitrogen and oxygen atoms in total. The fourth-order valence-electron chi connectivity index (χ4n) is 4.41. The van der Waals surface area contributed by atoms with Gasteiger partial charge < -0.3 is 21.3 Å². The minimum atomic E-state index is -1.62. The Morgan fingerprint density at radius 3 is 2.42 bits per heavy atom. The molecule has 134 valence electrons. The van der Waals surface area contributed by atoms with Crippen molar-refractivity contribution in [3.63, 3.8) is 0 Å². The summed E-state index contributed by atoms with van der Waals surface area (Å²) >= 11 is 0. The lowest BCUT2D eigenvalue weighted by molar-refractivity contribution is -0.145. The van der Waals surface area contributed by atoms with Crippen LogP contribution < -0.4 is 11.1 Å². The Morgan fingerprint density at radius 1 is 1.08 bits per heavy atom. The van der Waals surface area contributed by atoms with Crippen LogP contribution in [0.15, 0.2) is 42.5 Å². The van der Waals surface area contributed by atoms with Crippen LogP contribution in [0.5, 0.6) is 0 Å². The van der Waals surface area contributed by atoms with Crippen LogP contribution in [-0.4, -0.2) is 39.6 Å². The van der Waals surface area contributed by atoms with Crippen LogP contribution in [0.4, 0.5) is 0 Å². The number of benzene rings is 2. The zero-order chi connectivity index (χ0) is 18.6. The predicted octanol–water partition coefficient (Wildman–Crippen LogP) is 1.07. The number of carboxylic acid groups (broad SMARTS) is 2. The van der Waals surface area contributed by atoms with Gasteiger partial charge in [-0.15, -0.1) is 0 Å². The van der Waals surface area contributed by atoms with E-state index in [9.17, 15) is 24.6 Å². The van der Waals surface area contributed by atoms with Gasteiger partial charge in [0.15, 0.2) is 0 Å². The molecule has 26 heavy (non-hydrogen) atoms. The molecule has 7 heteroatoms. The minimum Gasteiger partial charge on any atom is -0.481 e. The number of fused-ring (bicyclic) bond motifs is 2. The number of carbonyl (C=O) groups is 3. The van der Waals surface area contributed by atoms with Crippen molar-refractivity contribution >= 4 is 28.6 Å². The smallest absolute Gasteiger partial charge is 0.324 e. The Labute approximate surface area is 148 Å². The summed E-state index contributed by atoms with van der Waals surface area (Å²) in [4.78, 5) is 35.5. The van der Waals surface area contributed by atoms with Crippen LogP contribution >= 0.6 is 0 Å². The van der Waals surface area contributed by atoms with Crippen molar-refractivity contribution in [1.29, 1.82) is 0 Å². The van der Waals surface area contributed by atoms with Gasteiger partial charge in [-0.25, -0.2) is 0 Å². The second kappa shape index (κ2) is 5.54. The largest absolute Gasteiger partial charge is 0.481 e. The highest BCUT2D eigenvalue weighted by molar-refractivity contribution is 5.99. The van der Waals surface area contributed by atoms with Crippen LogP contribution in [0, 0.1) is 17.8 Å². The molecule has 2 fully saturated rings. The maximum absolute atomic E-state index is 12.6. The maximum atomic E-state index is 12.6. The van der Waals surface area contributed by atoms with Gasteiger partial charge >= 0.3 is 11.9 Å². The number of nitrogens with two attached hydrogens (primary N) is 1. The van der Waals surface area contributed by atoms with Gasteiger partial charge in [-0.1, -0.05) is 30.3 Å². The molecule has 0 heterocycles. The zero-order valence-corrected chi connectivity index (χ0v) is 13.8. The molecule has 0 radical (unpaired) electrons. The fraction of sp³-hybridized carbons (Fsp3) is 0.316. The first-order valence-corrected chi connectivity index (χ1v) is 8.37. The van der Waals surface area contributed by atoms with Gasteiger partial charge in [-0.05, 0) is 35.2 Å². The summed E-state index contributed by atoms with van der Waals surface area (Å²) in [6.45, 7) is 0. The SMILES string of the molecule is NC1(C(=O)O)CC(NC(=O)c2ccc3ccccc3c2)C2C(C(=O)O)C21. The van der Waals surface area contributed by atoms with Gasteiger partial charge in [-0.3, -0.25) is 14.4 Å². The molecular formula is C19H18N2O5. The van der Waals surface area contributed by atoms with E-state index in [1.165, 1.54) is 0 Å². The molecule has 1 amide bonds. The van der Waals surface area contributed by atoms with Crippen LogP contribution in [0.3, 0.4) is 0 Å². The van der Waals surface area contributed by atoms with Crippen LogP contribution in [0.1, 0.15) is 16.8 Å². The zero-order valence-electron chi connectivity index (χ0n) is 13.8. The molecule has 5 N–H and O–H groups in total. The summed E-state index contributed by atoms with van der Waals surface area (Å²) in [7, 11) is 0. The summed E-state index contributed by atoms with van der Waals surface area (Å²) < 4.78 is 0. The van der Waals surface area contributed by atoms with E-state index in [2.05, 4.69) is 5.32 Å². The van der Waals surface area contributed by atoms with Crippen molar-refractivity contribution in [3.8, 4) is 0 Å². The van der Waals surface area contributed by atoms with Gasteiger partial charge in [0.2, 0.25) is 0 Å². The van der Waals surface area contributed by atoms with Crippen molar-refractivity contribution in [2.45, 2.75) is 18.0 Å². The second-order valence-corrected chi connectivity index (χ2v) is 7.16. The molecule has 0 bridgehead atoms. The summed E-state index contributed by atoms with van der Waals surface area (Å²) in [6, 6.07) is 12.3. The number of nitrogens with one attached hydrogen (secondary N) is 1. The molecule has 0 aliphatic heterocycles. The topological polar surface area (TPSA) is 130 Å². The first-order chi connectivity index (χ1) is 12.3. The lowest BCUT2D eigenvalue weighted by atomic mass is 9.90. The third-order valence-electron chi connectivity index (χ3n) is 5.70. The van der Waals surface area contributed by atoms with Gasteiger partial charge in [-0.2, -0.15) is 0 Å². The monoisotopic (exact) mass is 354 g/mol. The van der Waals surface area contributed by atoms with Gasteiger partial charge in [0, 0.05) is 17.5 Å². The molecule has 4 rings (SSSR count). The molecular weight excluding hydrogens is 336 g/mol. The number of amides is 1. The number of hydrogen-bond donors (Lipinski definition) is 4. The third kappa shape index (κ3) is 2.35. The average molecular weight is 354 g/mol. The first kappa shape index (κ1) is 16.5. The molecule has 2 aliphatic carbocycles. The Bertz CT molecular complexity index is 942. The summed E-state index contributed by atoms with van der Waals surface area (Å²) in [5, 5.41) is 23.4. The molecule has 5 atom stereocenters. The van der Waals surface area contributed by atoms with E-state index in [0.717, 1.165) is 10.8 Å². The molecule has 2 aromatic carbocycles. The lowest BCUT2D eigenvalue weighted by Gasteiger charge is -2.25. The maximum Gasteiger partial charge on any atom is 0.324 e. The molecule has 0 aromatic heterocycles. The van der Waals surface area contributed by atoms with Crippen LogP contribution in [0.25, 0.3) is 10.8 Å². The van der Waals surface area contributed by atoms with Crippen molar-refractivity contribution in [2.24, 2.45) is 23.5 Å². The van der Waals surface area contributed by atoms with Gasteiger partial charge in [0.05, 0.1) is 5.92 Å². The molecule has 2 aromatic rings. The molecule has 0 saturated heterocycles. The average Bonchev–Trinajstić information content (AvgIpc) is 3.30. The van der Waals surface area contributed by atoms with E-state index >= 15 is 0 Å². The van der Waals surface area contributed by atoms with E-state index in [1.807, 2.05) is 30.3 Å². The van der Waals surface area contributed by atoms with Crippen molar-refractivity contribution < 1.29 is 24.6 Å². The highest BCUT2D eigenvalue weighted by atomic mass is 16.4. The number of carboxylic acids is 2. The summed E-state index contributed by atoms with van der Waals surface area (Å²) in [5.41, 5.74) is 4.81. The molecule has 2 aliphatic rings. The van der Waals surface area contributed by atoms with E-state index in [1.54, 1.807) is 12.1 Å². The number of hydrogen-bond acceptors (Lipinski definition) is 4. The standard InChI is InChI=1S/C19H18N2O5/c20-19(18(25)26)8-12(13-14(15(13)19)17(23)24)21-16(22)11-6-5-9-3-1-2-4-10(9)7-11/h1-7,12-15H,8,20H2,(H,21,22)(H,23,24)(H,25,26). The van der Waals surface area contributed by atoms with Gasteiger partial charge in [0.1, 0.15) is 5.54 Å². The van der Waals surface area contributed by atoms with Crippen molar-refractivity contribution in [3.05, 3.63) is 48.0 Å². The van der Waals surface area contributed by atoms with E-state index in [4.69, 9.17) is 5.73 Å².